The predicted octanol–water partition coefficient (Wildman–Crippen LogP) is 1.94. The number of aromatic nitrogens is 2. The van der Waals surface area contributed by atoms with Gasteiger partial charge in [-0.3, -0.25) is 9.48 Å². The monoisotopic (exact) mass is 347 g/mol. The Morgan fingerprint density at radius 2 is 2.17 bits per heavy atom. The third kappa shape index (κ3) is 3.67. The van der Waals surface area contributed by atoms with Gasteiger partial charge in [0, 0.05) is 37.2 Å². The molecule has 1 atom stereocenters. The fraction of sp³-hybridized carbons (Fsp3) is 0.412. The zero-order valence-electron chi connectivity index (χ0n) is 13.8. The summed E-state index contributed by atoms with van der Waals surface area (Å²) in [5, 5.41) is 4.19. The van der Waals surface area contributed by atoms with E-state index in [1.807, 2.05) is 18.1 Å². The molecule has 1 amide bonds. The van der Waals surface area contributed by atoms with Crippen molar-refractivity contribution in [3.05, 3.63) is 53.3 Å². The first kappa shape index (κ1) is 16.7. The van der Waals surface area contributed by atoms with Gasteiger partial charge in [0.1, 0.15) is 0 Å². The molecule has 0 N–H and O–H groups in total. The number of hydrogen-bond donors (Lipinski definition) is 0. The minimum atomic E-state index is -3.13. The van der Waals surface area contributed by atoms with Crippen LogP contribution in [-0.4, -0.2) is 41.8 Å². The van der Waals surface area contributed by atoms with Crippen molar-refractivity contribution < 1.29 is 13.2 Å². The third-order valence-electron chi connectivity index (χ3n) is 4.23. The van der Waals surface area contributed by atoms with E-state index >= 15 is 0 Å². The zero-order valence-corrected chi connectivity index (χ0v) is 14.7. The second kappa shape index (κ2) is 6.39. The second-order valence-electron chi connectivity index (χ2n) is 6.37. The Balaban J connectivity index is 1.84. The molecule has 1 aromatic heterocycles. The first-order valence-electron chi connectivity index (χ1n) is 7.90. The van der Waals surface area contributed by atoms with Gasteiger partial charge >= 0.3 is 0 Å². The Kier molecular flexibility index (Phi) is 4.45. The highest BCUT2D eigenvalue weighted by Gasteiger charge is 2.31. The van der Waals surface area contributed by atoms with Crippen molar-refractivity contribution >= 4 is 15.7 Å². The summed E-state index contributed by atoms with van der Waals surface area (Å²) in [6.45, 7) is 0.703. The van der Waals surface area contributed by atoms with E-state index in [1.54, 1.807) is 35.1 Å². The molecule has 0 aliphatic carbocycles. The first-order chi connectivity index (χ1) is 11.3. The van der Waals surface area contributed by atoms with Gasteiger partial charge in [-0.2, -0.15) is 5.10 Å². The van der Waals surface area contributed by atoms with Crippen LogP contribution in [0.2, 0.25) is 0 Å². The summed E-state index contributed by atoms with van der Waals surface area (Å²) >= 11 is 0. The molecule has 1 unspecified atom stereocenters. The van der Waals surface area contributed by atoms with E-state index in [0.29, 0.717) is 17.7 Å². The highest BCUT2D eigenvalue weighted by molar-refractivity contribution is 7.89. The molecule has 0 saturated carbocycles. The molecule has 7 heteroatoms. The summed E-state index contributed by atoms with van der Waals surface area (Å²) in [7, 11) is -1.27. The zero-order chi connectivity index (χ0) is 17.3. The molecule has 1 aliphatic rings. The molecule has 1 aliphatic heterocycles. The number of likely N-dealkylation sites (tertiary alicyclic amines) is 1. The van der Waals surface area contributed by atoms with E-state index in [0.717, 1.165) is 18.4 Å². The normalized spacial score (nSPS) is 18.1. The van der Waals surface area contributed by atoms with Crippen molar-refractivity contribution in [3.63, 3.8) is 0 Å². The number of amides is 1. The average molecular weight is 347 g/mol. The van der Waals surface area contributed by atoms with Crippen LogP contribution < -0.4 is 0 Å². The number of carbonyl (C=O) groups is 1. The fourth-order valence-corrected chi connectivity index (χ4v) is 4.02. The molecular formula is C17H21N3O3S. The summed E-state index contributed by atoms with van der Waals surface area (Å²) < 4.78 is 24.7. The summed E-state index contributed by atoms with van der Waals surface area (Å²) in [6.07, 6.45) is 6.81. The van der Waals surface area contributed by atoms with E-state index in [1.165, 1.54) is 6.26 Å². The minimum Gasteiger partial charge on any atom is -0.331 e. The molecule has 0 bridgehead atoms. The lowest BCUT2D eigenvalue weighted by Crippen LogP contribution is -2.30. The van der Waals surface area contributed by atoms with Crippen molar-refractivity contribution in [2.75, 3.05) is 12.8 Å². The van der Waals surface area contributed by atoms with Gasteiger partial charge in [-0.15, -0.1) is 0 Å². The number of nitrogens with zero attached hydrogens (tertiary/aromatic N) is 3. The molecule has 2 heterocycles. The third-order valence-corrected chi connectivity index (χ3v) is 5.08. The maximum Gasteiger partial charge on any atom is 0.254 e. The maximum atomic E-state index is 12.9. The van der Waals surface area contributed by atoms with E-state index in [2.05, 4.69) is 5.10 Å². The van der Waals surface area contributed by atoms with Crippen LogP contribution in [0.25, 0.3) is 0 Å². The molecule has 2 aromatic rings. The summed E-state index contributed by atoms with van der Waals surface area (Å²) in [5.74, 6) is -0.114. The quantitative estimate of drug-likeness (QED) is 0.847. The topological polar surface area (TPSA) is 72.3 Å². The van der Waals surface area contributed by atoms with Gasteiger partial charge in [0.15, 0.2) is 9.84 Å². The smallest absolute Gasteiger partial charge is 0.254 e. The molecular weight excluding hydrogens is 326 g/mol. The van der Waals surface area contributed by atoms with Crippen molar-refractivity contribution in [1.29, 1.82) is 0 Å². The lowest BCUT2D eigenvalue weighted by atomic mass is 10.1. The SMILES string of the molecule is Cn1cc(C2CCCN2C(=O)c2cccc(CS(C)(=O)=O)c2)cn1. The summed E-state index contributed by atoms with van der Waals surface area (Å²) in [6, 6.07) is 6.93. The van der Waals surface area contributed by atoms with Crippen LogP contribution in [0.4, 0.5) is 0 Å². The van der Waals surface area contributed by atoms with Crippen LogP contribution in [0.1, 0.15) is 40.4 Å². The Labute approximate surface area is 142 Å². The molecule has 1 fully saturated rings. The number of sulfone groups is 1. The molecule has 3 rings (SSSR count). The molecule has 128 valence electrons. The summed E-state index contributed by atoms with van der Waals surface area (Å²) in [5.41, 5.74) is 2.21. The fourth-order valence-electron chi connectivity index (χ4n) is 3.23. The van der Waals surface area contributed by atoms with Gasteiger partial charge in [0.05, 0.1) is 18.0 Å². The lowest BCUT2D eigenvalue weighted by Gasteiger charge is -2.24. The lowest BCUT2D eigenvalue weighted by molar-refractivity contribution is 0.0735. The van der Waals surface area contributed by atoms with Crippen LogP contribution in [0.5, 0.6) is 0 Å². The predicted molar refractivity (Wildman–Crippen MR) is 91.2 cm³/mol. The highest BCUT2D eigenvalue weighted by Crippen LogP contribution is 2.32. The highest BCUT2D eigenvalue weighted by atomic mass is 32.2. The number of hydrogen-bond acceptors (Lipinski definition) is 4. The molecule has 1 aromatic carbocycles. The van der Waals surface area contributed by atoms with Crippen LogP contribution in [0.15, 0.2) is 36.7 Å². The standard InChI is InChI=1S/C17H21N3O3S/c1-19-11-15(10-18-19)16-7-4-8-20(16)17(21)14-6-3-5-13(9-14)12-24(2,22)23/h3,5-6,9-11,16H,4,7-8,12H2,1-2H3. The van der Waals surface area contributed by atoms with Gasteiger partial charge in [-0.05, 0) is 30.5 Å². The van der Waals surface area contributed by atoms with Crippen LogP contribution in [0.3, 0.4) is 0 Å². The number of carbonyl (C=O) groups excluding carboxylic acids is 1. The van der Waals surface area contributed by atoms with E-state index in [9.17, 15) is 13.2 Å². The van der Waals surface area contributed by atoms with Crippen molar-refractivity contribution in [2.24, 2.45) is 7.05 Å². The molecule has 6 nitrogen and oxygen atoms in total. The average Bonchev–Trinajstić information content (AvgIpc) is 3.13. The summed E-state index contributed by atoms with van der Waals surface area (Å²) in [4.78, 5) is 14.8. The molecule has 24 heavy (non-hydrogen) atoms. The minimum absolute atomic E-state index is 0.0322. The van der Waals surface area contributed by atoms with Gasteiger partial charge in [-0.1, -0.05) is 12.1 Å². The van der Waals surface area contributed by atoms with Crippen molar-refractivity contribution in [1.82, 2.24) is 14.7 Å². The first-order valence-corrected chi connectivity index (χ1v) is 9.96. The van der Waals surface area contributed by atoms with E-state index in [-0.39, 0.29) is 17.7 Å². The second-order valence-corrected chi connectivity index (χ2v) is 8.51. The Hall–Kier alpha value is -2.15. The van der Waals surface area contributed by atoms with Crippen LogP contribution in [-0.2, 0) is 22.6 Å². The number of rotatable bonds is 4. The molecule has 1 saturated heterocycles. The Bertz CT molecular complexity index is 857. The number of aryl methyl sites for hydroxylation is 1. The van der Waals surface area contributed by atoms with Gasteiger partial charge in [0.25, 0.3) is 5.91 Å². The number of benzene rings is 1. The molecule has 0 spiro atoms. The van der Waals surface area contributed by atoms with Crippen molar-refractivity contribution in [3.8, 4) is 0 Å². The van der Waals surface area contributed by atoms with Crippen LogP contribution in [0, 0.1) is 0 Å². The molecule has 0 radical (unpaired) electrons. The van der Waals surface area contributed by atoms with Gasteiger partial charge in [0.2, 0.25) is 0 Å². The van der Waals surface area contributed by atoms with E-state index in [4.69, 9.17) is 0 Å². The van der Waals surface area contributed by atoms with Crippen LogP contribution >= 0.6 is 0 Å². The van der Waals surface area contributed by atoms with Gasteiger partial charge < -0.3 is 4.90 Å². The largest absolute Gasteiger partial charge is 0.331 e. The Morgan fingerprint density at radius 3 is 2.83 bits per heavy atom. The Morgan fingerprint density at radius 1 is 1.38 bits per heavy atom. The maximum absolute atomic E-state index is 12.9. The van der Waals surface area contributed by atoms with E-state index < -0.39 is 9.84 Å². The van der Waals surface area contributed by atoms with Gasteiger partial charge in [-0.25, -0.2) is 8.42 Å². The van der Waals surface area contributed by atoms with Crippen molar-refractivity contribution in [2.45, 2.75) is 24.6 Å².